The fourth-order valence-corrected chi connectivity index (χ4v) is 2.43. The van der Waals surface area contributed by atoms with E-state index in [9.17, 15) is 26.7 Å². The lowest BCUT2D eigenvalue weighted by molar-refractivity contribution is -0.141. The molecule has 2 rings (SSSR count). The van der Waals surface area contributed by atoms with Gasteiger partial charge in [0.1, 0.15) is 5.69 Å². The summed E-state index contributed by atoms with van der Waals surface area (Å²) < 4.78 is 66.5. The number of rotatable bonds is 2. The quantitative estimate of drug-likeness (QED) is 0.518. The lowest BCUT2D eigenvalue weighted by atomic mass is 10.0. The Labute approximate surface area is 110 Å². The Morgan fingerprint density at radius 2 is 1.50 bits per heavy atom. The van der Waals surface area contributed by atoms with Gasteiger partial charge >= 0.3 is 5.97 Å². The number of hydrogen-bond donors (Lipinski definition) is 1. The van der Waals surface area contributed by atoms with E-state index >= 15 is 0 Å². The van der Waals surface area contributed by atoms with Gasteiger partial charge in [0.2, 0.25) is 5.82 Å². The van der Waals surface area contributed by atoms with E-state index in [0.29, 0.717) is 0 Å². The maximum absolute atomic E-state index is 13.6. The maximum atomic E-state index is 13.6. The summed E-state index contributed by atoms with van der Waals surface area (Å²) in [4.78, 5) is 11.8. The topological polar surface area (TPSA) is 40.5 Å². The fourth-order valence-electron chi connectivity index (χ4n) is 2.43. The van der Waals surface area contributed by atoms with Crippen LogP contribution in [0.1, 0.15) is 13.3 Å². The zero-order valence-electron chi connectivity index (χ0n) is 10.3. The van der Waals surface area contributed by atoms with Crippen LogP contribution in [-0.2, 0) is 4.79 Å². The van der Waals surface area contributed by atoms with Crippen LogP contribution in [0.2, 0.25) is 0 Å². The molecule has 110 valence electrons. The Kier molecular flexibility index (Phi) is 3.58. The SMILES string of the molecule is CC1C(C(=O)O)CCN1c1c(F)c(F)c(F)c(F)c1F. The van der Waals surface area contributed by atoms with E-state index in [1.807, 2.05) is 0 Å². The van der Waals surface area contributed by atoms with Crippen molar-refractivity contribution in [2.45, 2.75) is 19.4 Å². The number of halogens is 5. The Bertz CT molecular complexity index is 548. The molecule has 1 aliphatic rings. The first kappa shape index (κ1) is 14.5. The van der Waals surface area contributed by atoms with Crippen molar-refractivity contribution in [3.05, 3.63) is 29.1 Å². The molecule has 1 heterocycles. The molecule has 20 heavy (non-hydrogen) atoms. The molecule has 0 bridgehead atoms. The van der Waals surface area contributed by atoms with Gasteiger partial charge in [0.25, 0.3) is 0 Å². The van der Waals surface area contributed by atoms with Crippen molar-refractivity contribution in [3.8, 4) is 0 Å². The summed E-state index contributed by atoms with van der Waals surface area (Å²) in [6.45, 7) is 1.26. The van der Waals surface area contributed by atoms with Crippen LogP contribution in [0.3, 0.4) is 0 Å². The highest BCUT2D eigenvalue weighted by atomic mass is 19.2. The summed E-state index contributed by atoms with van der Waals surface area (Å²) in [6, 6.07) is -0.874. The lowest BCUT2D eigenvalue weighted by Gasteiger charge is -2.26. The lowest BCUT2D eigenvalue weighted by Crippen LogP contribution is -2.34. The smallest absolute Gasteiger partial charge is 0.308 e. The van der Waals surface area contributed by atoms with Gasteiger partial charge < -0.3 is 10.0 Å². The predicted octanol–water partition coefficient (Wildman–Crippen LogP) is 2.68. The van der Waals surface area contributed by atoms with Gasteiger partial charge in [-0.2, -0.15) is 0 Å². The standard InChI is InChI=1S/C12H10F5NO2/c1-4-5(12(19)20)2-3-18(4)11-9(16)7(14)6(13)8(15)10(11)17/h4-5H,2-3H2,1H3,(H,19,20). The number of carbonyl (C=O) groups is 1. The Morgan fingerprint density at radius 3 is 1.90 bits per heavy atom. The number of benzene rings is 1. The first-order valence-electron chi connectivity index (χ1n) is 5.78. The molecule has 8 heteroatoms. The second-order valence-corrected chi connectivity index (χ2v) is 4.59. The summed E-state index contributed by atoms with van der Waals surface area (Å²) in [5.74, 6) is -12.3. The van der Waals surface area contributed by atoms with Crippen LogP contribution in [0.25, 0.3) is 0 Å². The van der Waals surface area contributed by atoms with Crippen LogP contribution >= 0.6 is 0 Å². The zero-order chi connectivity index (χ0) is 15.2. The average Bonchev–Trinajstić information content (AvgIpc) is 2.77. The molecule has 1 saturated heterocycles. The van der Waals surface area contributed by atoms with Crippen LogP contribution in [0.15, 0.2) is 0 Å². The minimum Gasteiger partial charge on any atom is -0.481 e. The van der Waals surface area contributed by atoms with Crippen LogP contribution in [0.5, 0.6) is 0 Å². The molecule has 0 saturated carbocycles. The monoisotopic (exact) mass is 295 g/mol. The van der Waals surface area contributed by atoms with Gasteiger partial charge in [-0.3, -0.25) is 4.79 Å². The van der Waals surface area contributed by atoms with Crippen molar-refractivity contribution in [3.63, 3.8) is 0 Å². The highest BCUT2D eigenvalue weighted by Crippen LogP contribution is 2.36. The molecule has 0 amide bonds. The van der Waals surface area contributed by atoms with E-state index in [4.69, 9.17) is 5.11 Å². The number of anilines is 1. The number of carboxylic acid groups (broad SMARTS) is 1. The Balaban J connectivity index is 2.52. The van der Waals surface area contributed by atoms with Crippen molar-refractivity contribution >= 4 is 11.7 Å². The van der Waals surface area contributed by atoms with E-state index in [1.165, 1.54) is 6.92 Å². The van der Waals surface area contributed by atoms with Crippen molar-refractivity contribution < 1.29 is 31.9 Å². The van der Waals surface area contributed by atoms with Crippen molar-refractivity contribution in [1.29, 1.82) is 0 Å². The van der Waals surface area contributed by atoms with E-state index < -0.39 is 52.7 Å². The molecule has 1 aliphatic heterocycles. The van der Waals surface area contributed by atoms with Gasteiger partial charge in [0.05, 0.1) is 5.92 Å². The highest BCUT2D eigenvalue weighted by Gasteiger charge is 2.40. The second-order valence-electron chi connectivity index (χ2n) is 4.59. The molecule has 0 spiro atoms. The second kappa shape index (κ2) is 4.92. The summed E-state index contributed by atoms with van der Waals surface area (Å²) in [5, 5.41) is 8.92. The van der Waals surface area contributed by atoms with Crippen LogP contribution in [0, 0.1) is 35.0 Å². The Hall–Kier alpha value is -1.86. The molecule has 1 fully saturated rings. The first-order chi connectivity index (χ1) is 9.27. The van der Waals surface area contributed by atoms with Crippen molar-refractivity contribution in [2.75, 3.05) is 11.4 Å². The van der Waals surface area contributed by atoms with Gasteiger partial charge in [-0.25, -0.2) is 22.0 Å². The normalized spacial score (nSPS) is 22.4. The van der Waals surface area contributed by atoms with Crippen LogP contribution in [0.4, 0.5) is 27.6 Å². The van der Waals surface area contributed by atoms with Crippen LogP contribution < -0.4 is 4.90 Å². The van der Waals surface area contributed by atoms with Gasteiger partial charge in [0.15, 0.2) is 23.3 Å². The third-order valence-electron chi connectivity index (χ3n) is 3.55. The minimum absolute atomic E-state index is 0.0655. The molecule has 0 aromatic heterocycles. The molecule has 1 aromatic rings. The first-order valence-corrected chi connectivity index (χ1v) is 5.78. The summed E-state index contributed by atoms with van der Waals surface area (Å²) in [7, 11) is 0. The average molecular weight is 295 g/mol. The van der Waals surface area contributed by atoms with Crippen molar-refractivity contribution in [2.24, 2.45) is 5.92 Å². The Morgan fingerprint density at radius 1 is 1.05 bits per heavy atom. The molecule has 1 N–H and O–H groups in total. The molecular formula is C12H10F5NO2. The zero-order valence-corrected chi connectivity index (χ0v) is 10.3. The number of aliphatic carboxylic acids is 1. The van der Waals surface area contributed by atoms with Gasteiger partial charge in [-0.05, 0) is 13.3 Å². The minimum atomic E-state index is -2.23. The van der Waals surface area contributed by atoms with Crippen LogP contribution in [-0.4, -0.2) is 23.7 Å². The summed E-state index contributed by atoms with van der Waals surface area (Å²) in [6.07, 6.45) is 0.0655. The molecule has 0 radical (unpaired) electrons. The molecule has 2 atom stereocenters. The maximum Gasteiger partial charge on any atom is 0.308 e. The van der Waals surface area contributed by atoms with E-state index in [-0.39, 0.29) is 13.0 Å². The fraction of sp³-hybridized carbons (Fsp3) is 0.417. The summed E-state index contributed by atoms with van der Waals surface area (Å²) in [5.41, 5.74) is -1.07. The van der Waals surface area contributed by atoms with E-state index in [2.05, 4.69) is 0 Å². The molecule has 1 aromatic carbocycles. The number of carboxylic acids is 1. The van der Waals surface area contributed by atoms with Gasteiger partial charge in [0, 0.05) is 12.6 Å². The molecular weight excluding hydrogens is 285 g/mol. The van der Waals surface area contributed by atoms with Gasteiger partial charge in [-0.1, -0.05) is 0 Å². The van der Waals surface area contributed by atoms with Gasteiger partial charge in [-0.15, -0.1) is 0 Å². The number of nitrogens with zero attached hydrogens (tertiary/aromatic N) is 1. The largest absolute Gasteiger partial charge is 0.481 e. The molecule has 3 nitrogen and oxygen atoms in total. The highest BCUT2D eigenvalue weighted by molar-refractivity contribution is 5.73. The predicted molar refractivity (Wildman–Crippen MR) is 58.8 cm³/mol. The number of hydrogen-bond acceptors (Lipinski definition) is 2. The van der Waals surface area contributed by atoms with Crippen molar-refractivity contribution in [1.82, 2.24) is 0 Å². The third kappa shape index (κ3) is 1.99. The van der Waals surface area contributed by atoms with E-state index in [0.717, 1.165) is 4.90 Å². The van der Waals surface area contributed by atoms with E-state index in [1.54, 1.807) is 0 Å². The third-order valence-corrected chi connectivity index (χ3v) is 3.55. The molecule has 2 unspecified atom stereocenters. The molecule has 0 aliphatic carbocycles. The summed E-state index contributed by atoms with van der Waals surface area (Å²) >= 11 is 0.